The van der Waals surface area contributed by atoms with Crippen molar-refractivity contribution in [2.24, 2.45) is 5.92 Å². The second kappa shape index (κ2) is 5.67. The highest BCUT2D eigenvalue weighted by Crippen LogP contribution is 2.28. The summed E-state index contributed by atoms with van der Waals surface area (Å²) in [6, 6.07) is 2.02. The first kappa shape index (κ1) is 11.9. The molecule has 1 aliphatic carbocycles. The molecule has 0 saturated heterocycles. The van der Waals surface area contributed by atoms with Gasteiger partial charge in [0.2, 0.25) is 0 Å². The lowest BCUT2D eigenvalue weighted by molar-refractivity contribution is 0.518. The molecule has 1 aliphatic rings. The van der Waals surface area contributed by atoms with E-state index in [1.165, 1.54) is 37.7 Å². The summed E-state index contributed by atoms with van der Waals surface area (Å²) in [6.07, 6.45) is 8.84. The standard InChI is InChI=1S/C13H19BrN2/c1-10-6-8-15-13(12(10)14)16-9-7-11-4-2-3-5-11/h6,8,11H,2-5,7,9H2,1H3,(H,15,16). The Labute approximate surface area is 106 Å². The van der Waals surface area contributed by atoms with Crippen LogP contribution in [-0.2, 0) is 0 Å². The summed E-state index contributed by atoms with van der Waals surface area (Å²) in [5, 5.41) is 3.42. The summed E-state index contributed by atoms with van der Waals surface area (Å²) < 4.78 is 1.10. The Kier molecular flexibility index (Phi) is 4.22. The summed E-state index contributed by atoms with van der Waals surface area (Å²) >= 11 is 3.57. The smallest absolute Gasteiger partial charge is 0.140 e. The van der Waals surface area contributed by atoms with Crippen LogP contribution in [-0.4, -0.2) is 11.5 Å². The molecular weight excluding hydrogens is 264 g/mol. The first-order valence-electron chi connectivity index (χ1n) is 6.12. The van der Waals surface area contributed by atoms with Crippen molar-refractivity contribution in [3.63, 3.8) is 0 Å². The van der Waals surface area contributed by atoms with Gasteiger partial charge in [-0.25, -0.2) is 4.98 Å². The molecule has 1 heterocycles. The maximum Gasteiger partial charge on any atom is 0.140 e. The third-order valence-electron chi connectivity index (χ3n) is 3.40. The minimum Gasteiger partial charge on any atom is -0.369 e. The topological polar surface area (TPSA) is 24.9 Å². The number of halogens is 1. The van der Waals surface area contributed by atoms with Crippen LogP contribution in [0.2, 0.25) is 0 Å². The van der Waals surface area contributed by atoms with Crippen molar-refractivity contribution in [1.82, 2.24) is 4.98 Å². The summed E-state index contributed by atoms with van der Waals surface area (Å²) in [5.74, 6) is 1.93. The number of hydrogen-bond acceptors (Lipinski definition) is 2. The minimum absolute atomic E-state index is 0.941. The lowest BCUT2D eigenvalue weighted by Gasteiger charge is -2.12. The first-order valence-corrected chi connectivity index (χ1v) is 6.91. The van der Waals surface area contributed by atoms with Gasteiger partial charge in [-0.1, -0.05) is 25.7 Å². The molecule has 16 heavy (non-hydrogen) atoms. The SMILES string of the molecule is Cc1ccnc(NCCC2CCCC2)c1Br. The summed E-state index contributed by atoms with van der Waals surface area (Å²) in [5.41, 5.74) is 1.23. The Morgan fingerprint density at radius 1 is 1.44 bits per heavy atom. The molecule has 0 radical (unpaired) electrons. The Hall–Kier alpha value is -0.570. The number of rotatable bonds is 4. The zero-order valence-electron chi connectivity index (χ0n) is 9.80. The number of anilines is 1. The molecule has 0 spiro atoms. The van der Waals surface area contributed by atoms with Crippen LogP contribution >= 0.6 is 15.9 Å². The highest BCUT2D eigenvalue weighted by Gasteiger charge is 2.14. The Balaban J connectivity index is 1.82. The monoisotopic (exact) mass is 282 g/mol. The quantitative estimate of drug-likeness (QED) is 0.898. The van der Waals surface area contributed by atoms with E-state index in [1.54, 1.807) is 0 Å². The molecule has 0 bridgehead atoms. The van der Waals surface area contributed by atoms with E-state index in [-0.39, 0.29) is 0 Å². The van der Waals surface area contributed by atoms with Crippen molar-refractivity contribution in [2.45, 2.75) is 39.0 Å². The van der Waals surface area contributed by atoms with Crippen LogP contribution in [0, 0.1) is 12.8 Å². The number of nitrogens with zero attached hydrogens (tertiary/aromatic N) is 1. The molecule has 88 valence electrons. The van der Waals surface area contributed by atoms with Crippen LogP contribution in [0.15, 0.2) is 16.7 Å². The highest BCUT2D eigenvalue weighted by molar-refractivity contribution is 9.10. The molecule has 3 heteroatoms. The van der Waals surface area contributed by atoms with Crippen molar-refractivity contribution in [2.75, 3.05) is 11.9 Å². The largest absolute Gasteiger partial charge is 0.369 e. The van der Waals surface area contributed by atoms with Crippen LogP contribution in [0.4, 0.5) is 5.82 Å². The van der Waals surface area contributed by atoms with Crippen LogP contribution < -0.4 is 5.32 Å². The van der Waals surface area contributed by atoms with Gasteiger partial charge in [0, 0.05) is 12.7 Å². The number of aryl methyl sites for hydroxylation is 1. The highest BCUT2D eigenvalue weighted by atomic mass is 79.9. The molecule has 0 aromatic carbocycles. The normalized spacial score (nSPS) is 16.6. The molecule has 1 saturated carbocycles. The van der Waals surface area contributed by atoms with Gasteiger partial charge in [-0.05, 0) is 46.8 Å². The van der Waals surface area contributed by atoms with Gasteiger partial charge >= 0.3 is 0 Å². The molecule has 1 fully saturated rings. The predicted molar refractivity (Wildman–Crippen MR) is 71.7 cm³/mol. The average molecular weight is 283 g/mol. The Bertz CT molecular complexity index is 346. The van der Waals surface area contributed by atoms with Gasteiger partial charge in [-0.3, -0.25) is 0 Å². The van der Waals surface area contributed by atoms with Crippen LogP contribution in [0.3, 0.4) is 0 Å². The van der Waals surface area contributed by atoms with Crippen molar-refractivity contribution in [3.05, 3.63) is 22.3 Å². The van der Waals surface area contributed by atoms with E-state index in [0.29, 0.717) is 0 Å². The van der Waals surface area contributed by atoms with Gasteiger partial charge in [-0.2, -0.15) is 0 Å². The number of nitrogens with one attached hydrogen (secondary N) is 1. The minimum atomic E-state index is 0.941. The number of pyridine rings is 1. The first-order chi connectivity index (χ1) is 7.77. The molecule has 0 unspecified atom stereocenters. The summed E-state index contributed by atoms with van der Waals surface area (Å²) in [6.45, 7) is 3.13. The van der Waals surface area contributed by atoms with Gasteiger partial charge < -0.3 is 5.32 Å². The van der Waals surface area contributed by atoms with E-state index < -0.39 is 0 Å². The summed E-state index contributed by atoms with van der Waals surface area (Å²) in [4.78, 5) is 4.35. The van der Waals surface area contributed by atoms with Crippen molar-refractivity contribution in [1.29, 1.82) is 0 Å². The number of aromatic nitrogens is 1. The number of hydrogen-bond donors (Lipinski definition) is 1. The van der Waals surface area contributed by atoms with Gasteiger partial charge in [0.1, 0.15) is 5.82 Å². The fourth-order valence-corrected chi connectivity index (χ4v) is 2.73. The van der Waals surface area contributed by atoms with Crippen molar-refractivity contribution >= 4 is 21.7 Å². The molecule has 1 N–H and O–H groups in total. The fraction of sp³-hybridized carbons (Fsp3) is 0.615. The van der Waals surface area contributed by atoms with Gasteiger partial charge in [-0.15, -0.1) is 0 Å². The lowest BCUT2D eigenvalue weighted by atomic mass is 10.0. The third-order valence-corrected chi connectivity index (χ3v) is 4.40. The van der Waals surface area contributed by atoms with E-state index in [1.807, 2.05) is 12.3 Å². The van der Waals surface area contributed by atoms with Gasteiger partial charge in [0.15, 0.2) is 0 Å². The Morgan fingerprint density at radius 3 is 2.94 bits per heavy atom. The third kappa shape index (κ3) is 2.97. The van der Waals surface area contributed by atoms with Crippen LogP contribution in [0.25, 0.3) is 0 Å². The van der Waals surface area contributed by atoms with Crippen LogP contribution in [0.1, 0.15) is 37.7 Å². The zero-order chi connectivity index (χ0) is 11.4. The Morgan fingerprint density at radius 2 is 2.19 bits per heavy atom. The zero-order valence-corrected chi connectivity index (χ0v) is 11.4. The second-order valence-corrected chi connectivity index (χ2v) is 5.45. The maximum absolute atomic E-state index is 4.35. The average Bonchev–Trinajstić information content (AvgIpc) is 2.77. The van der Waals surface area contributed by atoms with E-state index >= 15 is 0 Å². The molecular formula is C13H19BrN2. The van der Waals surface area contributed by atoms with E-state index in [0.717, 1.165) is 22.8 Å². The summed E-state index contributed by atoms with van der Waals surface area (Å²) in [7, 11) is 0. The van der Waals surface area contributed by atoms with E-state index in [9.17, 15) is 0 Å². The molecule has 1 aromatic heterocycles. The second-order valence-electron chi connectivity index (χ2n) is 4.66. The predicted octanol–water partition coefficient (Wildman–Crippen LogP) is 4.14. The van der Waals surface area contributed by atoms with Crippen LogP contribution in [0.5, 0.6) is 0 Å². The van der Waals surface area contributed by atoms with E-state index in [4.69, 9.17) is 0 Å². The van der Waals surface area contributed by atoms with E-state index in [2.05, 4.69) is 33.2 Å². The molecule has 2 nitrogen and oxygen atoms in total. The fourth-order valence-electron chi connectivity index (χ4n) is 2.36. The molecule has 0 aliphatic heterocycles. The lowest BCUT2D eigenvalue weighted by Crippen LogP contribution is -2.08. The molecule has 2 rings (SSSR count). The molecule has 1 aromatic rings. The molecule has 0 amide bonds. The maximum atomic E-state index is 4.35. The van der Waals surface area contributed by atoms with Gasteiger partial charge in [0.25, 0.3) is 0 Å². The molecule has 0 atom stereocenters. The van der Waals surface area contributed by atoms with Crippen molar-refractivity contribution in [3.8, 4) is 0 Å². The van der Waals surface area contributed by atoms with Crippen molar-refractivity contribution < 1.29 is 0 Å². The van der Waals surface area contributed by atoms with Gasteiger partial charge in [0.05, 0.1) is 4.47 Å².